The molecule has 132 valence electrons. The molecule has 0 unspecified atom stereocenters. The molecule has 0 aliphatic rings. The molecule has 7 nitrogen and oxygen atoms in total. The Bertz CT molecular complexity index is 889. The Morgan fingerprint density at radius 1 is 0.962 bits per heavy atom. The molecule has 0 bridgehead atoms. The Morgan fingerprint density at radius 2 is 1.69 bits per heavy atom. The fourth-order valence-electron chi connectivity index (χ4n) is 2.26. The number of carbonyl (C=O) groups excluding carboxylic acids is 2. The number of aryl methyl sites for hydroxylation is 1. The zero-order valence-electron chi connectivity index (χ0n) is 14.2. The molecule has 0 saturated carbocycles. The van der Waals surface area contributed by atoms with Crippen molar-refractivity contribution in [3.05, 3.63) is 78.0 Å². The first-order chi connectivity index (χ1) is 12.6. The van der Waals surface area contributed by atoms with Crippen LogP contribution in [-0.4, -0.2) is 16.9 Å². The molecule has 3 aromatic rings. The molecule has 0 spiro atoms. The van der Waals surface area contributed by atoms with Gasteiger partial charge >= 0.3 is 6.03 Å². The molecule has 0 fully saturated rings. The minimum atomic E-state index is -0.345. The van der Waals surface area contributed by atoms with Crippen LogP contribution in [0.4, 0.5) is 16.2 Å². The number of nitrogens with zero attached hydrogens (tertiary/aromatic N) is 1. The van der Waals surface area contributed by atoms with Gasteiger partial charge in [0.05, 0.1) is 12.8 Å². The molecule has 0 atom stereocenters. The lowest BCUT2D eigenvalue weighted by molar-refractivity contribution is 0.102. The predicted molar refractivity (Wildman–Crippen MR) is 97.9 cm³/mol. The topological polar surface area (TPSA) is 96.3 Å². The van der Waals surface area contributed by atoms with Crippen molar-refractivity contribution >= 4 is 23.3 Å². The third-order valence-electron chi connectivity index (χ3n) is 3.52. The van der Waals surface area contributed by atoms with Crippen LogP contribution in [-0.2, 0) is 6.54 Å². The van der Waals surface area contributed by atoms with Crippen molar-refractivity contribution in [1.82, 2.24) is 10.3 Å². The van der Waals surface area contributed by atoms with Crippen LogP contribution < -0.4 is 16.0 Å². The van der Waals surface area contributed by atoms with Crippen molar-refractivity contribution in [3.8, 4) is 0 Å². The number of aromatic nitrogens is 1. The van der Waals surface area contributed by atoms with Crippen molar-refractivity contribution in [2.24, 2.45) is 0 Å². The van der Waals surface area contributed by atoms with Crippen LogP contribution in [0.15, 0.2) is 65.3 Å². The summed E-state index contributed by atoms with van der Waals surface area (Å²) in [6, 6.07) is 15.3. The molecule has 2 aromatic heterocycles. The number of nitrogens with one attached hydrogen (secondary N) is 3. The van der Waals surface area contributed by atoms with Gasteiger partial charge in [-0.15, -0.1) is 0 Å². The monoisotopic (exact) mass is 350 g/mol. The third-order valence-corrected chi connectivity index (χ3v) is 3.52. The van der Waals surface area contributed by atoms with E-state index in [2.05, 4.69) is 20.9 Å². The summed E-state index contributed by atoms with van der Waals surface area (Å²) >= 11 is 0. The number of benzene rings is 1. The van der Waals surface area contributed by atoms with Crippen LogP contribution >= 0.6 is 0 Å². The maximum atomic E-state index is 12.2. The maximum Gasteiger partial charge on any atom is 0.319 e. The van der Waals surface area contributed by atoms with E-state index >= 15 is 0 Å². The van der Waals surface area contributed by atoms with Gasteiger partial charge in [-0.1, -0.05) is 6.07 Å². The second kappa shape index (κ2) is 7.98. The first kappa shape index (κ1) is 17.2. The number of rotatable bonds is 5. The highest BCUT2D eigenvalue weighted by Crippen LogP contribution is 2.14. The van der Waals surface area contributed by atoms with Gasteiger partial charge in [0.25, 0.3) is 5.91 Å². The lowest BCUT2D eigenvalue weighted by Gasteiger charge is -2.08. The lowest BCUT2D eigenvalue weighted by atomic mass is 10.2. The fourth-order valence-corrected chi connectivity index (χ4v) is 2.26. The molecular formula is C19H18N4O3. The van der Waals surface area contributed by atoms with Gasteiger partial charge in [0.1, 0.15) is 11.5 Å². The van der Waals surface area contributed by atoms with Crippen molar-refractivity contribution < 1.29 is 14.0 Å². The number of anilines is 2. The van der Waals surface area contributed by atoms with Crippen LogP contribution in [0.25, 0.3) is 0 Å². The number of hydrogen-bond acceptors (Lipinski definition) is 4. The number of carbonyl (C=O) groups is 2. The molecule has 1 aromatic carbocycles. The summed E-state index contributed by atoms with van der Waals surface area (Å²) < 4.78 is 5.14. The van der Waals surface area contributed by atoms with Gasteiger partial charge in [0.2, 0.25) is 0 Å². The third kappa shape index (κ3) is 4.70. The molecule has 0 radical (unpaired) electrons. The number of pyridine rings is 1. The number of furan rings is 1. The normalized spacial score (nSPS) is 10.2. The summed E-state index contributed by atoms with van der Waals surface area (Å²) in [6.07, 6.45) is 1.55. The summed E-state index contributed by atoms with van der Waals surface area (Å²) in [5.74, 6) is 0.383. The van der Waals surface area contributed by atoms with Crippen molar-refractivity contribution in [3.63, 3.8) is 0 Å². The maximum absolute atomic E-state index is 12.2. The van der Waals surface area contributed by atoms with Crippen LogP contribution in [0.1, 0.15) is 21.9 Å². The Balaban J connectivity index is 1.53. The van der Waals surface area contributed by atoms with Gasteiger partial charge in [-0.2, -0.15) is 0 Å². The summed E-state index contributed by atoms with van der Waals surface area (Å²) in [5, 5.41) is 8.16. The van der Waals surface area contributed by atoms with E-state index in [0.29, 0.717) is 29.4 Å². The Labute approximate surface area is 150 Å². The molecule has 0 aliphatic carbocycles. The van der Waals surface area contributed by atoms with Crippen molar-refractivity contribution in [2.75, 3.05) is 10.6 Å². The summed E-state index contributed by atoms with van der Waals surface area (Å²) in [4.78, 5) is 28.2. The Hall–Kier alpha value is -3.61. The van der Waals surface area contributed by atoms with Gasteiger partial charge in [-0.05, 0) is 55.5 Å². The quantitative estimate of drug-likeness (QED) is 0.655. The molecule has 3 N–H and O–H groups in total. The van der Waals surface area contributed by atoms with E-state index in [-0.39, 0.29) is 11.9 Å². The van der Waals surface area contributed by atoms with E-state index in [4.69, 9.17) is 4.42 Å². The van der Waals surface area contributed by atoms with Gasteiger partial charge in [0, 0.05) is 17.1 Å². The fraction of sp³-hybridized carbons (Fsp3) is 0.105. The molecule has 7 heteroatoms. The largest absolute Gasteiger partial charge is 0.467 e. The minimum Gasteiger partial charge on any atom is -0.467 e. The van der Waals surface area contributed by atoms with E-state index in [1.54, 1.807) is 54.8 Å². The minimum absolute atomic E-state index is 0.286. The number of urea groups is 1. The highest BCUT2D eigenvalue weighted by molar-refractivity contribution is 6.03. The molecule has 3 amide bonds. The molecule has 26 heavy (non-hydrogen) atoms. The van der Waals surface area contributed by atoms with Crippen LogP contribution in [0.5, 0.6) is 0 Å². The van der Waals surface area contributed by atoms with E-state index in [0.717, 1.165) is 5.69 Å². The SMILES string of the molecule is Cc1cccc(C(=O)Nc2ccc(NC(=O)NCc3ccco3)cc2)n1. The smallest absolute Gasteiger partial charge is 0.319 e. The molecule has 0 saturated heterocycles. The summed E-state index contributed by atoms with van der Waals surface area (Å²) in [7, 11) is 0. The number of amides is 3. The van der Waals surface area contributed by atoms with Crippen molar-refractivity contribution in [1.29, 1.82) is 0 Å². The van der Waals surface area contributed by atoms with Gasteiger partial charge in [-0.25, -0.2) is 9.78 Å². The van der Waals surface area contributed by atoms with E-state index < -0.39 is 0 Å². The Kier molecular flexibility index (Phi) is 5.28. The highest BCUT2D eigenvalue weighted by atomic mass is 16.3. The van der Waals surface area contributed by atoms with Gasteiger partial charge in [0.15, 0.2) is 0 Å². The zero-order valence-corrected chi connectivity index (χ0v) is 14.2. The van der Waals surface area contributed by atoms with E-state index in [9.17, 15) is 9.59 Å². The van der Waals surface area contributed by atoms with Gasteiger partial charge in [-0.3, -0.25) is 4.79 Å². The first-order valence-corrected chi connectivity index (χ1v) is 8.02. The first-order valence-electron chi connectivity index (χ1n) is 8.02. The molecular weight excluding hydrogens is 332 g/mol. The molecule has 0 aliphatic heterocycles. The lowest BCUT2D eigenvalue weighted by Crippen LogP contribution is -2.27. The van der Waals surface area contributed by atoms with Crippen LogP contribution in [0, 0.1) is 6.92 Å². The molecule has 3 rings (SSSR count). The summed E-state index contributed by atoms with van der Waals surface area (Å²) in [5.41, 5.74) is 2.34. The second-order valence-corrected chi connectivity index (χ2v) is 5.58. The van der Waals surface area contributed by atoms with E-state index in [1.165, 1.54) is 0 Å². The second-order valence-electron chi connectivity index (χ2n) is 5.58. The molecule has 2 heterocycles. The Morgan fingerprint density at radius 3 is 2.35 bits per heavy atom. The average molecular weight is 350 g/mol. The van der Waals surface area contributed by atoms with Crippen LogP contribution in [0.2, 0.25) is 0 Å². The van der Waals surface area contributed by atoms with Gasteiger partial charge < -0.3 is 20.4 Å². The summed E-state index contributed by atoms with van der Waals surface area (Å²) in [6.45, 7) is 2.13. The van der Waals surface area contributed by atoms with Crippen LogP contribution in [0.3, 0.4) is 0 Å². The standard InChI is InChI=1S/C19H18N4O3/c1-13-4-2-6-17(21-13)18(24)22-14-7-9-15(10-8-14)23-19(25)20-12-16-5-3-11-26-16/h2-11H,12H2,1H3,(H,22,24)(H2,20,23,25). The predicted octanol–water partition coefficient (Wildman–Crippen LogP) is 3.56. The van der Waals surface area contributed by atoms with E-state index in [1.807, 2.05) is 13.0 Å². The van der Waals surface area contributed by atoms with Crippen molar-refractivity contribution in [2.45, 2.75) is 13.5 Å². The highest BCUT2D eigenvalue weighted by Gasteiger charge is 2.08. The average Bonchev–Trinajstić information content (AvgIpc) is 3.15. The zero-order chi connectivity index (χ0) is 18.4. The number of hydrogen-bond donors (Lipinski definition) is 3.